The normalized spacial score (nSPS) is 12.5. The summed E-state index contributed by atoms with van der Waals surface area (Å²) in [4.78, 5) is 4.66. The molecule has 2 aromatic rings. The van der Waals surface area contributed by atoms with Gasteiger partial charge in [0.2, 0.25) is 0 Å². The Labute approximate surface area is 168 Å². The maximum Gasteiger partial charge on any atom is 0.191 e. The number of methoxy groups -OCH3 is 1. The second kappa shape index (κ2) is 12.8. The summed E-state index contributed by atoms with van der Waals surface area (Å²) in [5.74, 6) is 0.779. The lowest BCUT2D eigenvalue weighted by Crippen LogP contribution is -2.39. The Bertz CT molecular complexity index is 689. The second-order valence-corrected chi connectivity index (χ2v) is 6.48. The molecule has 0 aliphatic rings. The highest BCUT2D eigenvalue weighted by atomic mass is 16.5. The molecular weight excluding hydrogens is 352 g/mol. The number of anilines is 1. The zero-order chi connectivity index (χ0) is 20.0. The van der Waals surface area contributed by atoms with E-state index in [0.29, 0.717) is 19.7 Å². The highest BCUT2D eigenvalue weighted by Crippen LogP contribution is 2.13. The van der Waals surface area contributed by atoms with Crippen LogP contribution in [0.2, 0.25) is 0 Å². The maximum atomic E-state index is 9.72. The van der Waals surface area contributed by atoms with Crippen LogP contribution in [0.4, 0.5) is 5.69 Å². The minimum absolute atomic E-state index is 0.0301. The summed E-state index contributed by atoms with van der Waals surface area (Å²) >= 11 is 0. The average molecular weight is 385 g/mol. The van der Waals surface area contributed by atoms with Gasteiger partial charge in [-0.3, -0.25) is 0 Å². The van der Waals surface area contributed by atoms with Crippen LogP contribution in [0.3, 0.4) is 0 Å². The van der Waals surface area contributed by atoms with Crippen molar-refractivity contribution in [3.05, 3.63) is 65.7 Å². The van der Waals surface area contributed by atoms with Crippen molar-refractivity contribution in [2.45, 2.75) is 19.4 Å². The summed E-state index contributed by atoms with van der Waals surface area (Å²) in [5, 5.41) is 19.6. The van der Waals surface area contributed by atoms with E-state index in [9.17, 15) is 5.11 Å². The summed E-state index contributed by atoms with van der Waals surface area (Å²) < 4.78 is 5.04. The molecule has 28 heavy (non-hydrogen) atoms. The first-order valence-electron chi connectivity index (χ1n) is 9.76. The van der Waals surface area contributed by atoms with E-state index in [2.05, 4.69) is 45.2 Å². The Kier molecular flexibility index (Phi) is 9.89. The molecule has 4 N–H and O–H groups in total. The van der Waals surface area contributed by atoms with Crippen molar-refractivity contribution in [2.24, 2.45) is 4.99 Å². The molecule has 0 bridgehead atoms. The summed E-state index contributed by atoms with van der Waals surface area (Å²) in [6, 6.07) is 18.3. The molecule has 2 aromatic carbocycles. The van der Waals surface area contributed by atoms with Gasteiger partial charge in [-0.05, 0) is 30.2 Å². The lowest BCUT2D eigenvalue weighted by molar-refractivity contribution is 0.211. The van der Waals surface area contributed by atoms with Gasteiger partial charge in [0.15, 0.2) is 5.96 Å². The van der Waals surface area contributed by atoms with Crippen molar-refractivity contribution in [1.29, 1.82) is 0 Å². The first kappa shape index (κ1) is 21.7. The molecule has 0 aliphatic heterocycles. The molecule has 0 saturated heterocycles. The minimum Gasteiger partial charge on any atom is -0.396 e. The molecule has 6 nitrogen and oxygen atoms in total. The van der Waals surface area contributed by atoms with Crippen LogP contribution < -0.4 is 16.0 Å². The van der Waals surface area contributed by atoms with Crippen LogP contribution in [0.15, 0.2) is 59.6 Å². The number of nitrogens with zero attached hydrogens (tertiary/aromatic N) is 1. The van der Waals surface area contributed by atoms with Gasteiger partial charge in [-0.1, -0.05) is 42.5 Å². The Hall–Kier alpha value is -2.57. The smallest absolute Gasteiger partial charge is 0.191 e. The molecule has 0 radical (unpaired) electrons. The molecule has 0 aromatic heterocycles. The molecule has 2 rings (SSSR count). The largest absolute Gasteiger partial charge is 0.396 e. The zero-order valence-electron chi connectivity index (χ0n) is 16.8. The minimum atomic E-state index is 0.0301. The number of guanidine groups is 1. The van der Waals surface area contributed by atoms with Gasteiger partial charge in [-0.15, -0.1) is 0 Å². The fraction of sp³-hybridized carbons (Fsp3) is 0.409. The molecule has 0 amide bonds. The number of rotatable bonds is 11. The monoisotopic (exact) mass is 384 g/mol. The number of aliphatic hydroxyl groups excluding tert-OH is 1. The van der Waals surface area contributed by atoms with Crippen molar-refractivity contribution in [1.82, 2.24) is 10.6 Å². The van der Waals surface area contributed by atoms with Crippen LogP contribution >= 0.6 is 0 Å². The predicted octanol–water partition coefficient (Wildman–Crippen LogP) is 2.58. The molecule has 0 heterocycles. The highest BCUT2D eigenvalue weighted by Gasteiger charge is 2.10. The van der Waals surface area contributed by atoms with Crippen LogP contribution in [0.25, 0.3) is 0 Å². The van der Waals surface area contributed by atoms with Crippen molar-refractivity contribution in [2.75, 3.05) is 45.3 Å². The number of benzene rings is 2. The molecule has 1 unspecified atom stereocenters. The SMILES string of the molecule is CCNC(=NCc1ccc(NCCOC)cc1)NCC(CO)c1ccccc1. The lowest BCUT2D eigenvalue weighted by atomic mass is 10.0. The van der Waals surface area contributed by atoms with Crippen LogP contribution in [0.5, 0.6) is 0 Å². The fourth-order valence-corrected chi connectivity index (χ4v) is 2.77. The Morgan fingerprint density at radius 1 is 1.07 bits per heavy atom. The summed E-state index contributed by atoms with van der Waals surface area (Å²) in [7, 11) is 1.70. The van der Waals surface area contributed by atoms with Crippen LogP contribution in [0.1, 0.15) is 24.0 Å². The fourth-order valence-electron chi connectivity index (χ4n) is 2.77. The average Bonchev–Trinajstić information content (AvgIpc) is 2.74. The molecule has 6 heteroatoms. The van der Waals surface area contributed by atoms with Gasteiger partial charge in [0.1, 0.15) is 0 Å². The van der Waals surface area contributed by atoms with Gasteiger partial charge in [-0.25, -0.2) is 4.99 Å². The third kappa shape index (κ3) is 7.58. The van der Waals surface area contributed by atoms with E-state index in [1.807, 2.05) is 37.3 Å². The van der Waals surface area contributed by atoms with E-state index in [0.717, 1.165) is 35.9 Å². The Morgan fingerprint density at radius 2 is 1.82 bits per heavy atom. The zero-order valence-corrected chi connectivity index (χ0v) is 16.8. The van der Waals surface area contributed by atoms with E-state index in [1.54, 1.807) is 7.11 Å². The van der Waals surface area contributed by atoms with Gasteiger partial charge in [0.25, 0.3) is 0 Å². The number of aliphatic imine (C=N–C) groups is 1. The molecule has 1 atom stereocenters. The summed E-state index contributed by atoms with van der Waals surface area (Å²) in [6.07, 6.45) is 0. The van der Waals surface area contributed by atoms with Crippen molar-refractivity contribution in [3.8, 4) is 0 Å². The van der Waals surface area contributed by atoms with E-state index >= 15 is 0 Å². The van der Waals surface area contributed by atoms with Gasteiger partial charge in [0, 0.05) is 38.3 Å². The Morgan fingerprint density at radius 3 is 2.46 bits per heavy atom. The summed E-state index contributed by atoms with van der Waals surface area (Å²) in [6.45, 7) is 5.59. The second-order valence-electron chi connectivity index (χ2n) is 6.48. The van der Waals surface area contributed by atoms with E-state index < -0.39 is 0 Å². The first-order chi connectivity index (χ1) is 13.8. The topological polar surface area (TPSA) is 77.9 Å². The number of hydrogen-bond acceptors (Lipinski definition) is 4. The van der Waals surface area contributed by atoms with Gasteiger partial charge >= 0.3 is 0 Å². The number of nitrogens with one attached hydrogen (secondary N) is 3. The Balaban J connectivity index is 1.90. The maximum absolute atomic E-state index is 9.72. The number of hydrogen-bond donors (Lipinski definition) is 4. The number of aliphatic hydroxyl groups is 1. The summed E-state index contributed by atoms with van der Waals surface area (Å²) in [5.41, 5.74) is 3.32. The van der Waals surface area contributed by atoms with Crippen LogP contribution in [-0.2, 0) is 11.3 Å². The standard InChI is InChI=1S/C22H32N4O2/c1-3-23-22(26-16-20(17-27)19-7-5-4-6-8-19)25-15-18-9-11-21(12-10-18)24-13-14-28-2/h4-12,20,24,27H,3,13-17H2,1-2H3,(H2,23,25,26). The van der Waals surface area contributed by atoms with Crippen molar-refractivity contribution in [3.63, 3.8) is 0 Å². The van der Waals surface area contributed by atoms with Gasteiger partial charge < -0.3 is 25.8 Å². The predicted molar refractivity (Wildman–Crippen MR) is 116 cm³/mol. The van der Waals surface area contributed by atoms with Crippen LogP contribution in [-0.4, -0.2) is 51.0 Å². The third-order valence-corrected chi connectivity index (χ3v) is 4.36. The van der Waals surface area contributed by atoms with E-state index in [-0.39, 0.29) is 12.5 Å². The quantitative estimate of drug-likeness (QED) is 0.272. The third-order valence-electron chi connectivity index (χ3n) is 4.36. The molecular formula is C22H32N4O2. The van der Waals surface area contributed by atoms with Crippen molar-refractivity contribution >= 4 is 11.6 Å². The highest BCUT2D eigenvalue weighted by molar-refractivity contribution is 5.79. The van der Waals surface area contributed by atoms with Crippen LogP contribution in [0, 0.1) is 0 Å². The number of ether oxygens (including phenoxy) is 1. The lowest BCUT2D eigenvalue weighted by Gasteiger charge is -2.18. The molecule has 0 spiro atoms. The molecule has 0 aliphatic carbocycles. The molecule has 0 saturated carbocycles. The van der Waals surface area contributed by atoms with E-state index in [1.165, 1.54) is 0 Å². The van der Waals surface area contributed by atoms with Gasteiger partial charge in [0.05, 0.1) is 19.8 Å². The van der Waals surface area contributed by atoms with Crippen molar-refractivity contribution < 1.29 is 9.84 Å². The van der Waals surface area contributed by atoms with Gasteiger partial charge in [-0.2, -0.15) is 0 Å². The van der Waals surface area contributed by atoms with E-state index in [4.69, 9.17) is 4.74 Å². The first-order valence-corrected chi connectivity index (χ1v) is 9.76. The molecule has 152 valence electrons. The molecule has 0 fully saturated rings.